The Kier molecular flexibility index (Phi) is 4.31. The van der Waals surface area contributed by atoms with E-state index in [4.69, 9.17) is 11.0 Å². The van der Waals surface area contributed by atoms with Crippen LogP contribution < -0.4 is 11.1 Å². The molecule has 0 radical (unpaired) electrons. The monoisotopic (exact) mass is 207 g/mol. The average Bonchev–Trinajstić information content (AvgIpc) is 2.67. The summed E-state index contributed by atoms with van der Waals surface area (Å²) in [5, 5.41) is 10.9. The first-order valence-corrected chi connectivity index (χ1v) is 4.65. The summed E-state index contributed by atoms with van der Waals surface area (Å²) >= 11 is 0. The summed E-state index contributed by atoms with van der Waals surface area (Å²) < 4.78 is 1.75. The van der Waals surface area contributed by atoms with Crippen LogP contribution in [0.25, 0.3) is 0 Å². The molecule has 0 unspecified atom stereocenters. The molecular weight excluding hydrogens is 194 g/mol. The topological polar surface area (TPSA) is 96.7 Å². The van der Waals surface area contributed by atoms with Gasteiger partial charge in [-0.2, -0.15) is 5.26 Å². The summed E-state index contributed by atoms with van der Waals surface area (Å²) in [6.07, 6.45) is 3.50. The molecule has 0 bridgehead atoms. The van der Waals surface area contributed by atoms with E-state index in [0.717, 1.165) is 0 Å². The lowest BCUT2D eigenvalue weighted by atomic mass is 10.4. The number of hydrogen-bond acceptors (Lipinski definition) is 4. The van der Waals surface area contributed by atoms with Gasteiger partial charge in [0, 0.05) is 25.8 Å². The van der Waals surface area contributed by atoms with Crippen molar-refractivity contribution in [1.82, 2.24) is 14.9 Å². The third kappa shape index (κ3) is 3.40. The molecule has 0 spiro atoms. The Hall–Kier alpha value is -1.87. The Morgan fingerprint density at radius 2 is 2.53 bits per heavy atom. The number of hydrogen-bond donors (Lipinski definition) is 2. The van der Waals surface area contributed by atoms with Gasteiger partial charge >= 0.3 is 0 Å². The molecule has 1 amide bonds. The van der Waals surface area contributed by atoms with Crippen LogP contribution in [0.15, 0.2) is 12.5 Å². The van der Waals surface area contributed by atoms with Crippen LogP contribution in [0.2, 0.25) is 0 Å². The largest absolute Gasteiger partial charge is 0.350 e. The van der Waals surface area contributed by atoms with Gasteiger partial charge in [0.15, 0.2) is 0 Å². The second-order valence-corrected chi connectivity index (χ2v) is 2.95. The predicted octanol–water partition coefficient (Wildman–Crippen LogP) is -0.515. The van der Waals surface area contributed by atoms with E-state index in [1.165, 1.54) is 0 Å². The molecule has 0 aliphatic rings. The molecule has 80 valence electrons. The highest BCUT2D eigenvalue weighted by molar-refractivity contribution is 5.91. The van der Waals surface area contributed by atoms with Crippen molar-refractivity contribution in [2.45, 2.75) is 13.0 Å². The smallest absolute Gasteiger partial charge is 0.271 e. The lowest BCUT2D eigenvalue weighted by Gasteiger charge is -1.98. The lowest BCUT2D eigenvalue weighted by molar-refractivity contribution is 0.0950. The number of nitrogens with one attached hydrogen (secondary N) is 1. The number of carbonyl (C=O) groups excluding carboxylic acids is 1. The Morgan fingerprint density at radius 1 is 1.73 bits per heavy atom. The van der Waals surface area contributed by atoms with E-state index < -0.39 is 0 Å². The van der Waals surface area contributed by atoms with Crippen LogP contribution in [0.5, 0.6) is 0 Å². The van der Waals surface area contributed by atoms with Crippen LogP contribution in [-0.4, -0.2) is 28.5 Å². The molecule has 6 nitrogen and oxygen atoms in total. The number of carbonyl (C=O) groups is 1. The third-order valence-corrected chi connectivity index (χ3v) is 1.78. The number of nitrogens with two attached hydrogens (primary N) is 1. The van der Waals surface area contributed by atoms with E-state index >= 15 is 0 Å². The van der Waals surface area contributed by atoms with E-state index in [-0.39, 0.29) is 5.91 Å². The van der Waals surface area contributed by atoms with Crippen molar-refractivity contribution < 1.29 is 4.79 Å². The number of rotatable bonds is 5. The van der Waals surface area contributed by atoms with Crippen molar-refractivity contribution in [3.63, 3.8) is 0 Å². The van der Waals surface area contributed by atoms with Crippen molar-refractivity contribution in [1.29, 1.82) is 5.26 Å². The standard InChI is InChI=1S/C9H13N5O/c10-2-1-4-12-9(15)8-6-14(5-3-11)7-13-8/h6-7H,1,3-5,11H2,(H,12,15). The Bertz CT molecular complexity index is 365. The number of imidazole rings is 1. The van der Waals surface area contributed by atoms with Gasteiger partial charge in [0.25, 0.3) is 5.91 Å². The number of nitrogens with zero attached hydrogens (tertiary/aromatic N) is 3. The lowest BCUT2D eigenvalue weighted by Crippen LogP contribution is -2.24. The van der Waals surface area contributed by atoms with Gasteiger partial charge in [-0.25, -0.2) is 4.98 Å². The molecule has 0 aliphatic heterocycles. The van der Waals surface area contributed by atoms with Crippen LogP contribution in [-0.2, 0) is 6.54 Å². The fourth-order valence-corrected chi connectivity index (χ4v) is 1.07. The molecule has 1 rings (SSSR count). The summed E-state index contributed by atoms with van der Waals surface area (Å²) in [5.41, 5.74) is 5.71. The summed E-state index contributed by atoms with van der Waals surface area (Å²) in [6.45, 7) is 1.49. The van der Waals surface area contributed by atoms with Crippen LogP contribution in [0.3, 0.4) is 0 Å². The molecule has 0 saturated heterocycles. The van der Waals surface area contributed by atoms with Crippen molar-refractivity contribution in [3.05, 3.63) is 18.2 Å². The van der Waals surface area contributed by atoms with Gasteiger partial charge in [0.2, 0.25) is 0 Å². The fourth-order valence-electron chi connectivity index (χ4n) is 1.07. The molecule has 0 atom stereocenters. The molecule has 1 aromatic heterocycles. The zero-order valence-electron chi connectivity index (χ0n) is 8.31. The predicted molar refractivity (Wildman–Crippen MR) is 53.8 cm³/mol. The van der Waals surface area contributed by atoms with Gasteiger partial charge < -0.3 is 15.6 Å². The van der Waals surface area contributed by atoms with E-state index in [0.29, 0.717) is 31.7 Å². The van der Waals surface area contributed by atoms with E-state index in [1.54, 1.807) is 17.1 Å². The second kappa shape index (κ2) is 5.78. The first kappa shape index (κ1) is 11.2. The van der Waals surface area contributed by atoms with E-state index in [1.807, 2.05) is 6.07 Å². The van der Waals surface area contributed by atoms with Gasteiger partial charge in [-0.15, -0.1) is 0 Å². The van der Waals surface area contributed by atoms with Gasteiger partial charge in [0.05, 0.1) is 18.8 Å². The molecule has 0 aliphatic carbocycles. The van der Waals surface area contributed by atoms with Gasteiger partial charge in [0.1, 0.15) is 5.69 Å². The second-order valence-electron chi connectivity index (χ2n) is 2.95. The zero-order chi connectivity index (χ0) is 11.1. The van der Waals surface area contributed by atoms with Gasteiger partial charge in [-0.1, -0.05) is 0 Å². The van der Waals surface area contributed by atoms with Crippen molar-refractivity contribution in [2.24, 2.45) is 5.73 Å². The quantitative estimate of drug-likeness (QED) is 0.635. The van der Waals surface area contributed by atoms with Crippen LogP contribution in [0, 0.1) is 11.3 Å². The minimum absolute atomic E-state index is 0.263. The Labute approximate surface area is 87.7 Å². The van der Waals surface area contributed by atoms with Gasteiger partial charge in [-0.3, -0.25) is 4.79 Å². The van der Waals surface area contributed by atoms with E-state index in [2.05, 4.69) is 10.3 Å². The molecule has 1 aromatic rings. The Morgan fingerprint density at radius 3 is 3.20 bits per heavy atom. The fraction of sp³-hybridized carbons (Fsp3) is 0.444. The highest BCUT2D eigenvalue weighted by atomic mass is 16.1. The number of amides is 1. The minimum Gasteiger partial charge on any atom is -0.350 e. The summed E-state index contributed by atoms with van der Waals surface area (Å²) in [7, 11) is 0. The summed E-state index contributed by atoms with van der Waals surface area (Å²) in [5.74, 6) is -0.263. The van der Waals surface area contributed by atoms with Gasteiger partial charge in [-0.05, 0) is 0 Å². The summed E-state index contributed by atoms with van der Waals surface area (Å²) in [6, 6.07) is 1.94. The first-order chi connectivity index (χ1) is 7.27. The molecular formula is C9H13N5O. The number of aromatic nitrogens is 2. The molecule has 1 heterocycles. The normalized spacial score (nSPS) is 9.60. The maximum absolute atomic E-state index is 11.4. The van der Waals surface area contributed by atoms with Crippen LogP contribution in [0.4, 0.5) is 0 Å². The molecule has 15 heavy (non-hydrogen) atoms. The SMILES string of the molecule is N#CCCNC(=O)c1cn(CCN)cn1. The Balaban J connectivity index is 2.47. The molecule has 0 saturated carbocycles. The molecule has 3 N–H and O–H groups in total. The molecule has 0 aromatic carbocycles. The van der Waals surface area contributed by atoms with E-state index in [9.17, 15) is 4.79 Å². The zero-order valence-corrected chi connectivity index (χ0v) is 8.31. The van der Waals surface area contributed by atoms with Crippen LogP contribution in [0.1, 0.15) is 16.9 Å². The van der Waals surface area contributed by atoms with Crippen LogP contribution >= 0.6 is 0 Å². The van der Waals surface area contributed by atoms with Crippen molar-refractivity contribution in [3.8, 4) is 6.07 Å². The van der Waals surface area contributed by atoms with Crippen molar-refractivity contribution >= 4 is 5.91 Å². The highest BCUT2D eigenvalue weighted by Gasteiger charge is 2.07. The number of nitriles is 1. The molecule has 0 fully saturated rings. The maximum atomic E-state index is 11.4. The summed E-state index contributed by atoms with van der Waals surface area (Å²) in [4.78, 5) is 15.3. The van der Waals surface area contributed by atoms with Crippen molar-refractivity contribution in [2.75, 3.05) is 13.1 Å². The third-order valence-electron chi connectivity index (χ3n) is 1.78. The minimum atomic E-state index is -0.263. The first-order valence-electron chi connectivity index (χ1n) is 4.65. The molecule has 6 heteroatoms. The average molecular weight is 207 g/mol. The maximum Gasteiger partial charge on any atom is 0.271 e. The highest BCUT2D eigenvalue weighted by Crippen LogP contribution is 1.95.